The molecule has 0 fully saturated rings. The minimum absolute atomic E-state index is 0.282. The van der Waals surface area contributed by atoms with Crippen molar-refractivity contribution in [2.75, 3.05) is 0 Å². The zero-order valence-corrected chi connectivity index (χ0v) is 11.8. The average molecular weight is 291 g/mol. The molecule has 1 rings (SSSR count). The fourth-order valence-corrected chi connectivity index (χ4v) is 3.56. The van der Waals surface area contributed by atoms with Crippen LogP contribution in [0.3, 0.4) is 0 Å². The molecule has 0 saturated carbocycles. The molecule has 0 aromatic carbocycles. The van der Waals surface area contributed by atoms with Crippen LogP contribution >= 0.6 is 27.3 Å². The van der Waals surface area contributed by atoms with E-state index in [0.717, 1.165) is 22.2 Å². The molecule has 0 amide bonds. The molecule has 1 N–H and O–H groups in total. The minimum atomic E-state index is -0.282. The highest BCUT2D eigenvalue weighted by molar-refractivity contribution is 9.10. The molecule has 0 spiro atoms. The van der Waals surface area contributed by atoms with Crippen molar-refractivity contribution in [1.82, 2.24) is 0 Å². The van der Waals surface area contributed by atoms with Crippen molar-refractivity contribution < 1.29 is 5.11 Å². The van der Waals surface area contributed by atoms with Crippen molar-refractivity contribution in [2.24, 2.45) is 0 Å². The Morgan fingerprint density at radius 2 is 2.13 bits per heavy atom. The summed E-state index contributed by atoms with van der Waals surface area (Å²) >= 11 is 5.18. The molecule has 1 unspecified atom stereocenters. The molecule has 0 aliphatic rings. The van der Waals surface area contributed by atoms with Gasteiger partial charge in [-0.15, -0.1) is 11.3 Å². The summed E-state index contributed by atoms with van der Waals surface area (Å²) in [6, 6.07) is 2.08. The largest absolute Gasteiger partial charge is 0.388 e. The number of halogens is 1. The first-order valence-electron chi connectivity index (χ1n) is 5.59. The van der Waals surface area contributed by atoms with Crippen molar-refractivity contribution in [3.63, 3.8) is 0 Å². The van der Waals surface area contributed by atoms with E-state index < -0.39 is 0 Å². The van der Waals surface area contributed by atoms with Crippen LogP contribution < -0.4 is 0 Å². The number of hydrogen-bond donors (Lipinski definition) is 1. The first kappa shape index (κ1) is 13.2. The van der Waals surface area contributed by atoms with Crippen molar-refractivity contribution in [3.8, 4) is 0 Å². The molecule has 1 nitrogen and oxygen atoms in total. The molecule has 0 saturated heterocycles. The zero-order chi connectivity index (χ0) is 11.3. The van der Waals surface area contributed by atoms with Crippen LogP contribution in [0.25, 0.3) is 0 Å². The lowest BCUT2D eigenvalue weighted by molar-refractivity contribution is 0.166. The summed E-state index contributed by atoms with van der Waals surface area (Å²) in [4.78, 5) is 2.34. The Morgan fingerprint density at radius 1 is 1.40 bits per heavy atom. The summed E-state index contributed by atoms with van der Waals surface area (Å²) in [7, 11) is 0. The Labute approximate surface area is 105 Å². The standard InChI is InChI=1S/C12H19BrOS/c1-3-4-5-6-7-11(14)12-10(13)8-9(2)15-12/h8,11,14H,3-7H2,1-2H3. The molecule has 0 aliphatic carbocycles. The van der Waals surface area contributed by atoms with Crippen LogP contribution in [0.4, 0.5) is 0 Å². The van der Waals surface area contributed by atoms with Gasteiger partial charge in [0.25, 0.3) is 0 Å². The maximum atomic E-state index is 9.99. The van der Waals surface area contributed by atoms with Crippen LogP contribution in [0.15, 0.2) is 10.5 Å². The van der Waals surface area contributed by atoms with E-state index in [-0.39, 0.29) is 6.10 Å². The van der Waals surface area contributed by atoms with Gasteiger partial charge in [0.1, 0.15) is 0 Å². The van der Waals surface area contributed by atoms with Crippen LogP contribution in [-0.4, -0.2) is 5.11 Å². The van der Waals surface area contributed by atoms with Crippen molar-refractivity contribution in [2.45, 2.75) is 52.1 Å². The second kappa shape index (κ2) is 6.66. The number of unbranched alkanes of at least 4 members (excludes halogenated alkanes) is 3. The molecule has 0 aliphatic heterocycles. The van der Waals surface area contributed by atoms with Gasteiger partial charge in [-0.3, -0.25) is 0 Å². The maximum absolute atomic E-state index is 9.99. The number of thiophene rings is 1. The summed E-state index contributed by atoms with van der Waals surface area (Å²) in [6.07, 6.45) is 5.48. The molecule has 1 aromatic heterocycles. The summed E-state index contributed by atoms with van der Waals surface area (Å²) in [6.45, 7) is 4.28. The number of rotatable bonds is 6. The predicted molar refractivity (Wildman–Crippen MR) is 70.5 cm³/mol. The summed E-state index contributed by atoms with van der Waals surface area (Å²) in [5, 5.41) is 9.99. The molecule has 1 heterocycles. The van der Waals surface area contributed by atoms with Gasteiger partial charge in [0, 0.05) is 14.2 Å². The summed E-state index contributed by atoms with van der Waals surface area (Å²) < 4.78 is 1.06. The average Bonchev–Trinajstić information content (AvgIpc) is 2.52. The van der Waals surface area contributed by atoms with Crippen LogP contribution in [0.5, 0.6) is 0 Å². The Kier molecular flexibility index (Phi) is 5.87. The second-order valence-corrected chi connectivity index (χ2v) is 6.08. The third kappa shape index (κ3) is 4.25. The van der Waals surface area contributed by atoms with E-state index in [0.29, 0.717) is 0 Å². The van der Waals surface area contributed by atoms with Crippen LogP contribution in [0.1, 0.15) is 54.9 Å². The summed E-state index contributed by atoms with van der Waals surface area (Å²) in [5.74, 6) is 0. The SMILES string of the molecule is CCCCCCC(O)c1sc(C)cc1Br. The molecular formula is C12H19BrOS. The van der Waals surface area contributed by atoms with Crippen LogP contribution in [0.2, 0.25) is 0 Å². The number of aliphatic hydroxyl groups is 1. The molecule has 0 bridgehead atoms. The first-order valence-corrected chi connectivity index (χ1v) is 7.20. The van der Waals surface area contributed by atoms with E-state index in [2.05, 4.69) is 35.8 Å². The third-order valence-electron chi connectivity index (χ3n) is 2.47. The van der Waals surface area contributed by atoms with Gasteiger partial charge < -0.3 is 5.11 Å². The molecule has 86 valence electrons. The van der Waals surface area contributed by atoms with E-state index in [4.69, 9.17) is 0 Å². The van der Waals surface area contributed by atoms with Gasteiger partial charge in [-0.1, -0.05) is 32.6 Å². The quantitative estimate of drug-likeness (QED) is 0.745. The Balaban J connectivity index is 2.39. The van der Waals surface area contributed by atoms with Gasteiger partial charge in [0.15, 0.2) is 0 Å². The highest BCUT2D eigenvalue weighted by atomic mass is 79.9. The topological polar surface area (TPSA) is 20.2 Å². The summed E-state index contributed by atoms with van der Waals surface area (Å²) in [5.41, 5.74) is 0. The Bertz CT molecular complexity index is 296. The van der Waals surface area contributed by atoms with Gasteiger partial charge >= 0.3 is 0 Å². The smallest absolute Gasteiger partial charge is 0.0893 e. The van der Waals surface area contributed by atoms with E-state index in [1.54, 1.807) is 11.3 Å². The number of aryl methyl sites for hydroxylation is 1. The molecule has 1 atom stereocenters. The van der Waals surface area contributed by atoms with Gasteiger partial charge in [-0.05, 0) is 35.3 Å². The minimum Gasteiger partial charge on any atom is -0.388 e. The fourth-order valence-electron chi connectivity index (χ4n) is 1.62. The fraction of sp³-hybridized carbons (Fsp3) is 0.667. The highest BCUT2D eigenvalue weighted by Gasteiger charge is 2.13. The van der Waals surface area contributed by atoms with E-state index >= 15 is 0 Å². The van der Waals surface area contributed by atoms with Gasteiger partial charge in [0.05, 0.1) is 6.10 Å². The zero-order valence-electron chi connectivity index (χ0n) is 9.42. The van der Waals surface area contributed by atoms with E-state index in [1.165, 1.54) is 24.1 Å². The molecular weight excluding hydrogens is 272 g/mol. The third-order valence-corrected chi connectivity index (χ3v) is 4.54. The van der Waals surface area contributed by atoms with Crippen molar-refractivity contribution >= 4 is 27.3 Å². The molecule has 0 radical (unpaired) electrons. The number of aliphatic hydroxyl groups excluding tert-OH is 1. The van der Waals surface area contributed by atoms with Gasteiger partial charge in [0.2, 0.25) is 0 Å². The van der Waals surface area contributed by atoms with Crippen LogP contribution in [0, 0.1) is 6.92 Å². The Morgan fingerprint density at radius 3 is 2.67 bits per heavy atom. The molecule has 3 heteroatoms. The lowest BCUT2D eigenvalue weighted by Crippen LogP contribution is -1.95. The predicted octanol–water partition coefficient (Wildman–Crippen LogP) is 4.82. The van der Waals surface area contributed by atoms with Crippen LogP contribution in [-0.2, 0) is 0 Å². The first-order chi connectivity index (χ1) is 7.15. The lowest BCUT2D eigenvalue weighted by atomic mass is 10.1. The Hall–Kier alpha value is 0.140. The lowest BCUT2D eigenvalue weighted by Gasteiger charge is -2.08. The molecule has 1 aromatic rings. The van der Waals surface area contributed by atoms with E-state index in [9.17, 15) is 5.11 Å². The number of hydrogen-bond acceptors (Lipinski definition) is 2. The second-order valence-electron chi connectivity index (χ2n) is 3.93. The van der Waals surface area contributed by atoms with Gasteiger partial charge in [-0.25, -0.2) is 0 Å². The monoisotopic (exact) mass is 290 g/mol. The maximum Gasteiger partial charge on any atom is 0.0893 e. The van der Waals surface area contributed by atoms with Gasteiger partial charge in [-0.2, -0.15) is 0 Å². The highest BCUT2D eigenvalue weighted by Crippen LogP contribution is 2.34. The van der Waals surface area contributed by atoms with E-state index in [1.807, 2.05) is 0 Å². The van der Waals surface area contributed by atoms with Crippen molar-refractivity contribution in [1.29, 1.82) is 0 Å². The molecule has 15 heavy (non-hydrogen) atoms. The van der Waals surface area contributed by atoms with Crippen molar-refractivity contribution in [3.05, 3.63) is 20.3 Å². The normalized spacial score (nSPS) is 13.1.